The molecule has 0 aromatic heterocycles. The molecule has 1 aromatic rings. The van der Waals surface area contributed by atoms with Gasteiger partial charge in [0, 0.05) is 0 Å². The SMILES string of the molecule is CCOc1cc(CO)cc(Cl)c1OC(C)C. The third kappa shape index (κ3) is 3.29. The number of ether oxygens (including phenoxy) is 2. The van der Waals surface area contributed by atoms with Crippen LogP contribution in [0.1, 0.15) is 26.3 Å². The zero-order valence-electron chi connectivity index (χ0n) is 9.79. The van der Waals surface area contributed by atoms with Crippen molar-refractivity contribution in [1.29, 1.82) is 0 Å². The lowest BCUT2D eigenvalue weighted by molar-refractivity contribution is 0.223. The molecule has 0 radical (unpaired) electrons. The fourth-order valence-corrected chi connectivity index (χ4v) is 1.60. The lowest BCUT2D eigenvalue weighted by Gasteiger charge is -2.16. The molecule has 90 valence electrons. The summed E-state index contributed by atoms with van der Waals surface area (Å²) in [5, 5.41) is 9.53. The Kier molecular flexibility index (Phi) is 4.90. The van der Waals surface area contributed by atoms with E-state index in [1.54, 1.807) is 12.1 Å². The first-order valence-corrected chi connectivity index (χ1v) is 5.69. The van der Waals surface area contributed by atoms with Crippen LogP contribution in [0.15, 0.2) is 12.1 Å². The van der Waals surface area contributed by atoms with E-state index in [1.807, 2.05) is 20.8 Å². The van der Waals surface area contributed by atoms with Crippen LogP contribution >= 0.6 is 11.6 Å². The van der Waals surface area contributed by atoms with Crippen molar-refractivity contribution >= 4 is 11.6 Å². The molecule has 1 aromatic carbocycles. The second-order valence-corrected chi connectivity index (χ2v) is 4.07. The van der Waals surface area contributed by atoms with Crippen molar-refractivity contribution in [3.05, 3.63) is 22.7 Å². The van der Waals surface area contributed by atoms with Gasteiger partial charge in [-0.05, 0) is 38.5 Å². The highest BCUT2D eigenvalue weighted by atomic mass is 35.5. The molecule has 1 N–H and O–H groups in total. The molecule has 16 heavy (non-hydrogen) atoms. The molecule has 0 spiro atoms. The van der Waals surface area contributed by atoms with Gasteiger partial charge < -0.3 is 14.6 Å². The number of hydrogen-bond donors (Lipinski definition) is 1. The Morgan fingerprint density at radius 1 is 1.38 bits per heavy atom. The maximum atomic E-state index is 9.07. The predicted octanol–water partition coefficient (Wildman–Crippen LogP) is 3.02. The van der Waals surface area contributed by atoms with Gasteiger partial charge in [0.2, 0.25) is 0 Å². The van der Waals surface area contributed by atoms with Crippen LogP contribution in [0, 0.1) is 0 Å². The van der Waals surface area contributed by atoms with Gasteiger partial charge in [-0.2, -0.15) is 0 Å². The van der Waals surface area contributed by atoms with Crippen LogP contribution in [-0.4, -0.2) is 17.8 Å². The number of rotatable bonds is 5. The second kappa shape index (κ2) is 5.97. The van der Waals surface area contributed by atoms with E-state index >= 15 is 0 Å². The Hall–Kier alpha value is -0.930. The molecule has 0 fully saturated rings. The van der Waals surface area contributed by atoms with Crippen molar-refractivity contribution in [2.75, 3.05) is 6.61 Å². The van der Waals surface area contributed by atoms with E-state index in [0.29, 0.717) is 28.7 Å². The zero-order chi connectivity index (χ0) is 12.1. The highest BCUT2D eigenvalue weighted by Gasteiger charge is 2.13. The molecule has 0 saturated heterocycles. The van der Waals surface area contributed by atoms with Crippen LogP contribution in [0.4, 0.5) is 0 Å². The Balaban J connectivity index is 3.11. The van der Waals surface area contributed by atoms with Gasteiger partial charge >= 0.3 is 0 Å². The first kappa shape index (κ1) is 13.1. The number of aliphatic hydroxyl groups is 1. The lowest BCUT2D eigenvalue weighted by Crippen LogP contribution is -2.08. The molecule has 4 heteroatoms. The minimum Gasteiger partial charge on any atom is -0.490 e. The summed E-state index contributed by atoms with van der Waals surface area (Å²) in [5.41, 5.74) is 0.713. The van der Waals surface area contributed by atoms with Gasteiger partial charge in [0.1, 0.15) is 0 Å². The van der Waals surface area contributed by atoms with Crippen molar-refractivity contribution in [2.45, 2.75) is 33.5 Å². The Bertz CT molecular complexity index is 350. The molecular formula is C12H17ClO3. The van der Waals surface area contributed by atoms with Crippen LogP contribution in [-0.2, 0) is 6.61 Å². The molecule has 0 saturated carbocycles. The fraction of sp³-hybridized carbons (Fsp3) is 0.500. The van der Waals surface area contributed by atoms with Crippen molar-refractivity contribution < 1.29 is 14.6 Å². The predicted molar refractivity (Wildman–Crippen MR) is 64.3 cm³/mol. The summed E-state index contributed by atoms with van der Waals surface area (Å²) in [7, 11) is 0. The molecule has 0 heterocycles. The molecular weight excluding hydrogens is 228 g/mol. The van der Waals surface area contributed by atoms with Crippen LogP contribution in [0.25, 0.3) is 0 Å². The van der Waals surface area contributed by atoms with E-state index in [0.717, 1.165) is 0 Å². The molecule has 0 unspecified atom stereocenters. The zero-order valence-corrected chi connectivity index (χ0v) is 10.5. The van der Waals surface area contributed by atoms with Gasteiger partial charge in [-0.15, -0.1) is 0 Å². The Morgan fingerprint density at radius 2 is 2.06 bits per heavy atom. The smallest absolute Gasteiger partial charge is 0.180 e. The van der Waals surface area contributed by atoms with Gasteiger partial charge in [-0.3, -0.25) is 0 Å². The maximum Gasteiger partial charge on any atom is 0.180 e. The van der Waals surface area contributed by atoms with Crippen molar-refractivity contribution in [2.24, 2.45) is 0 Å². The first-order chi connectivity index (χ1) is 7.58. The standard InChI is InChI=1S/C12H17ClO3/c1-4-15-11-6-9(7-14)5-10(13)12(11)16-8(2)3/h5-6,8,14H,4,7H2,1-3H3. The summed E-state index contributed by atoms with van der Waals surface area (Å²) in [4.78, 5) is 0. The Labute approximate surface area is 101 Å². The molecule has 0 bridgehead atoms. The highest BCUT2D eigenvalue weighted by molar-refractivity contribution is 6.32. The largest absolute Gasteiger partial charge is 0.490 e. The van der Waals surface area contributed by atoms with Crippen molar-refractivity contribution in [3.8, 4) is 11.5 Å². The van der Waals surface area contributed by atoms with Crippen LogP contribution in [0.5, 0.6) is 11.5 Å². The summed E-state index contributed by atoms with van der Waals surface area (Å²) in [5.74, 6) is 1.11. The third-order valence-electron chi connectivity index (χ3n) is 1.91. The summed E-state index contributed by atoms with van der Waals surface area (Å²) < 4.78 is 11.0. The van der Waals surface area contributed by atoms with Crippen LogP contribution in [0.3, 0.4) is 0 Å². The molecule has 0 atom stereocenters. The number of hydrogen-bond acceptors (Lipinski definition) is 3. The molecule has 0 amide bonds. The topological polar surface area (TPSA) is 38.7 Å². The molecule has 0 aliphatic heterocycles. The van der Waals surface area contributed by atoms with E-state index in [9.17, 15) is 0 Å². The van der Waals surface area contributed by atoms with E-state index in [4.69, 9.17) is 26.2 Å². The van der Waals surface area contributed by atoms with Crippen LogP contribution in [0.2, 0.25) is 5.02 Å². The molecule has 3 nitrogen and oxygen atoms in total. The van der Waals surface area contributed by atoms with Gasteiger partial charge in [0.25, 0.3) is 0 Å². The average molecular weight is 245 g/mol. The van der Waals surface area contributed by atoms with Gasteiger partial charge in [0.05, 0.1) is 24.3 Å². The van der Waals surface area contributed by atoms with E-state index in [-0.39, 0.29) is 12.7 Å². The quantitative estimate of drug-likeness (QED) is 0.865. The number of aliphatic hydroxyl groups excluding tert-OH is 1. The average Bonchev–Trinajstić information content (AvgIpc) is 2.22. The second-order valence-electron chi connectivity index (χ2n) is 3.66. The van der Waals surface area contributed by atoms with Crippen LogP contribution < -0.4 is 9.47 Å². The molecule has 1 rings (SSSR count). The summed E-state index contributed by atoms with van der Waals surface area (Å²) in [6, 6.07) is 3.43. The Morgan fingerprint density at radius 3 is 2.56 bits per heavy atom. The van der Waals surface area contributed by atoms with Crippen molar-refractivity contribution in [3.63, 3.8) is 0 Å². The maximum absolute atomic E-state index is 9.07. The van der Waals surface area contributed by atoms with Gasteiger partial charge in [-0.1, -0.05) is 11.6 Å². The third-order valence-corrected chi connectivity index (χ3v) is 2.19. The van der Waals surface area contributed by atoms with E-state index in [1.165, 1.54) is 0 Å². The molecule has 0 aliphatic carbocycles. The lowest BCUT2D eigenvalue weighted by atomic mass is 10.2. The molecule has 0 aliphatic rings. The fourth-order valence-electron chi connectivity index (χ4n) is 1.33. The summed E-state index contributed by atoms with van der Waals surface area (Å²) >= 11 is 6.08. The summed E-state index contributed by atoms with van der Waals surface area (Å²) in [6.07, 6.45) is 0.0247. The van der Waals surface area contributed by atoms with E-state index < -0.39 is 0 Å². The number of halogens is 1. The monoisotopic (exact) mass is 244 g/mol. The van der Waals surface area contributed by atoms with Gasteiger partial charge in [-0.25, -0.2) is 0 Å². The summed E-state index contributed by atoms with van der Waals surface area (Å²) in [6.45, 7) is 6.19. The van der Waals surface area contributed by atoms with Crippen molar-refractivity contribution in [1.82, 2.24) is 0 Å². The minimum absolute atomic E-state index is 0.0247. The van der Waals surface area contributed by atoms with Gasteiger partial charge in [0.15, 0.2) is 11.5 Å². The van der Waals surface area contributed by atoms with E-state index in [2.05, 4.69) is 0 Å². The number of benzene rings is 1. The minimum atomic E-state index is -0.0677. The first-order valence-electron chi connectivity index (χ1n) is 5.31. The normalized spacial score (nSPS) is 10.6. The highest BCUT2D eigenvalue weighted by Crippen LogP contribution is 2.37.